The van der Waals surface area contributed by atoms with E-state index < -0.39 is 109 Å². The maximum atomic E-state index is 14.3. The Morgan fingerprint density at radius 2 is 1.06 bits per heavy atom. The van der Waals surface area contributed by atoms with E-state index in [2.05, 4.69) is 37.2 Å². The Labute approximate surface area is 404 Å². The predicted octanol–water partition coefficient (Wildman–Crippen LogP) is -0.766. The highest BCUT2D eigenvalue weighted by molar-refractivity contribution is 7.98. The summed E-state index contributed by atoms with van der Waals surface area (Å²) in [5, 5.41) is 46.3. The van der Waals surface area contributed by atoms with Crippen LogP contribution in [0.3, 0.4) is 0 Å². The number of thioether (sulfide) groups is 1. The number of phenols is 1. The van der Waals surface area contributed by atoms with Gasteiger partial charge in [-0.05, 0) is 86.4 Å². The molecule has 0 aliphatic heterocycles. The summed E-state index contributed by atoms with van der Waals surface area (Å²) < 4.78 is 0. The smallest absolute Gasteiger partial charge is 0.326 e. The number of nitrogens with two attached hydrogens (primary N) is 2. The third-order valence-electron chi connectivity index (χ3n) is 10.6. The van der Waals surface area contributed by atoms with Crippen LogP contribution in [0.1, 0.15) is 55.7 Å². The molecule has 7 amide bonds. The molecule has 7 atom stereocenters. The zero-order valence-corrected chi connectivity index (χ0v) is 39.3. The van der Waals surface area contributed by atoms with Gasteiger partial charge in [0.15, 0.2) is 0 Å². The molecule has 3 rings (SSSR count). The van der Waals surface area contributed by atoms with Crippen molar-refractivity contribution < 1.29 is 58.5 Å². The van der Waals surface area contributed by atoms with E-state index in [1.54, 1.807) is 79.1 Å². The van der Waals surface area contributed by atoms with Crippen LogP contribution in [0.4, 0.5) is 0 Å². The Kier molecular flexibility index (Phi) is 24.2. The molecule has 14 N–H and O–H groups in total. The van der Waals surface area contributed by atoms with Crippen LogP contribution < -0.4 is 48.7 Å². The number of aliphatic carboxylic acids is 2. The van der Waals surface area contributed by atoms with E-state index in [1.807, 2.05) is 0 Å². The van der Waals surface area contributed by atoms with Gasteiger partial charge in [0.2, 0.25) is 41.4 Å². The average molecular weight is 978 g/mol. The third-order valence-corrected chi connectivity index (χ3v) is 11.2. The van der Waals surface area contributed by atoms with E-state index in [0.29, 0.717) is 41.8 Å². The fourth-order valence-electron chi connectivity index (χ4n) is 6.78. The van der Waals surface area contributed by atoms with Crippen LogP contribution >= 0.6 is 11.8 Å². The van der Waals surface area contributed by atoms with E-state index in [4.69, 9.17) is 11.5 Å². The standard InChI is InChI=1S/C47H63N9O12S/c1-28(41(61)50-27-39(58)52-35(47(67)68)15-9-10-21-48)51-44(64)36(24-29-11-5-3-6-12-29)54-45(65)37(25-30-13-7-4-8-14-30)55-46(66)38(26-40(59)60)56-43(63)34(20-22-69-2)53-42(62)33(49)23-31-16-18-32(57)19-17-31/h3-8,11-14,16-19,28,33-38,57H,9-10,15,20-27,48-49H2,1-2H3,(H,50,61)(H,51,64)(H,52,58)(H,53,62)(H,54,65)(H,55,66)(H,56,63)(H,59,60)(H,67,68)/t28-,33-,34-,35-,36-,37-,38-/m0/s1. The first-order valence-electron chi connectivity index (χ1n) is 22.2. The van der Waals surface area contributed by atoms with Crippen molar-refractivity contribution in [3.05, 3.63) is 102 Å². The number of carbonyl (C=O) groups is 9. The van der Waals surface area contributed by atoms with Gasteiger partial charge in [0.25, 0.3) is 0 Å². The number of amides is 7. The van der Waals surface area contributed by atoms with Gasteiger partial charge in [-0.3, -0.25) is 38.4 Å². The van der Waals surface area contributed by atoms with Gasteiger partial charge in [-0.2, -0.15) is 11.8 Å². The quantitative estimate of drug-likeness (QED) is 0.0365. The molecule has 0 heterocycles. The molecule has 0 spiro atoms. The number of hydrogen-bond acceptors (Lipinski definition) is 13. The SMILES string of the molecule is CSCC[C@H](NC(=O)[C@@H](N)Cc1ccc(O)cc1)C(=O)N[C@@H](CC(=O)O)C(=O)N[C@@H](Cc1ccccc1)C(=O)N[C@@H](Cc1ccccc1)C(=O)N[C@@H](C)C(=O)NCC(=O)N[C@@H](CCCCN)C(=O)O. The summed E-state index contributed by atoms with van der Waals surface area (Å²) in [5.74, 6) is -8.27. The zero-order chi connectivity index (χ0) is 50.9. The number of carboxylic acids is 2. The van der Waals surface area contributed by atoms with Crippen molar-refractivity contribution in [2.24, 2.45) is 11.5 Å². The first-order valence-corrected chi connectivity index (χ1v) is 23.6. The van der Waals surface area contributed by atoms with Crippen LogP contribution in [0.2, 0.25) is 0 Å². The average Bonchev–Trinajstić information content (AvgIpc) is 3.32. The minimum atomic E-state index is -1.75. The van der Waals surface area contributed by atoms with Crippen molar-refractivity contribution in [2.75, 3.05) is 25.1 Å². The Morgan fingerprint density at radius 3 is 1.58 bits per heavy atom. The lowest BCUT2D eigenvalue weighted by Gasteiger charge is -2.27. The van der Waals surface area contributed by atoms with Crippen molar-refractivity contribution in [1.82, 2.24) is 37.2 Å². The summed E-state index contributed by atoms with van der Waals surface area (Å²) in [6, 6.07) is 13.6. The monoisotopic (exact) mass is 977 g/mol. The predicted molar refractivity (Wildman–Crippen MR) is 256 cm³/mol. The van der Waals surface area contributed by atoms with Crippen LogP contribution in [0, 0.1) is 0 Å². The molecule has 0 fully saturated rings. The molecule has 0 saturated carbocycles. The van der Waals surface area contributed by atoms with E-state index in [9.17, 15) is 58.5 Å². The van der Waals surface area contributed by atoms with Crippen LogP contribution in [0.25, 0.3) is 0 Å². The minimum Gasteiger partial charge on any atom is -0.508 e. The van der Waals surface area contributed by atoms with Gasteiger partial charge in [-0.25, -0.2) is 4.79 Å². The Balaban J connectivity index is 1.81. The van der Waals surface area contributed by atoms with Gasteiger partial charge in [-0.15, -0.1) is 0 Å². The van der Waals surface area contributed by atoms with E-state index in [0.717, 1.165) is 0 Å². The maximum Gasteiger partial charge on any atom is 0.326 e. The number of nitrogens with one attached hydrogen (secondary N) is 7. The topological polar surface area (TPSA) is 351 Å². The summed E-state index contributed by atoms with van der Waals surface area (Å²) >= 11 is 1.37. The highest BCUT2D eigenvalue weighted by atomic mass is 32.2. The summed E-state index contributed by atoms with van der Waals surface area (Å²) in [4.78, 5) is 118. The zero-order valence-electron chi connectivity index (χ0n) is 38.5. The lowest BCUT2D eigenvalue weighted by atomic mass is 10.0. The second kappa shape index (κ2) is 29.7. The van der Waals surface area contributed by atoms with Gasteiger partial charge < -0.3 is 64.0 Å². The van der Waals surface area contributed by atoms with Crippen LogP contribution in [-0.4, -0.2) is 136 Å². The fraction of sp³-hybridized carbons (Fsp3) is 0.426. The number of unbranched alkanes of at least 4 members (excludes halogenated alkanes) is 1. The lowest BCUT2D eigenvalue weighted by Crippen LogP contribution is -2.60. The molecule has 21 nitrogen and oxygen atoms in total. The first-order chi connectivity index (χ1) is 32.9. The molecule has 0 radical (unpaired) electrons. The molecule has 0 aromatic heterocycles. The third kappa shape index (κ3) is 20.8. The molecule has 3 aromatic carbocycles. The summed E-state index contributed by atoms with van der Waals surface area (Å²) in [6.45, 7) is 1.08. The maximum absolute atomic E-state index is 14.3. The van der Waals surface area contributed by atoms with Gasteiger partial charge in [-0.1, -0.05) is 72.8 Å². The van der Waals surface area contributed by atoms with Crippen molar-refractivity contribution >= 4 is 65.1 Å². The van der Waals surface area contributed by atoms with E-state index in [-0.39, 0.29) is 37.9 Å². The van der Waals surface area contributed by atoms with Gasteiger partial charge in [0, 0.05) is 12.8 Å². The molecule has 3 aromatic rings. The van der Waals surface area contributed by atoms with Crippen LogP contribution in [0.15, 0.2) is 84.9 Å². The molecule has 0 bridgehead atoms. The molecular formula is C47H63N9O12S. The molecule has 0 aliphatic carbocycles. The van der Waals surface area contributed by atoms with Crippen molar-refractivity contribution in [3.8, 4) is 5.75 Å². The highest BCUT2D eigenvalue weighted by Gasteiger charge is 2.34. The minimum absolute atomic E-state index is 0.0221. The molecule has 374 valence electrons. The summed E-state index contributed by atoms with van der Waals surface area (Å²) in [6.07, 6.45) is 1.88. The van der Waals surface area contributed by atoms with Gasteiger partial charge >= 0.3 is 11.9 Å². The molecule has 0 unspecified atom stereocenters. The van der Waals surface area contributed by atoms with Crippen LogP contribution in [0.5, 0.6) is 5.75 Å². The number of carboxylic acid groups (broad SMARTS) is 2. The van der Waals surface area contributed by atoms with E-state index in [1.165, 1.54) is 30.8 Å². The number of hydrogen-bond donors (Lipinski definition) is 12. The Bertz CT molecular complexity index is 2190. The van der Waals surface area contributed by atoms with Crippen molar-refractivity contribution in [3.63, 3.8) is 0 Å². The second-order valence-electron chi connectivity index (χ2n) is 16.2. The van der Waals surface area contributed by atoms with Gasteiger partial charge in [0.05, 0.1) is 19.0 Å². The first kappa shape index (κ1) is 56.3. The largest absolute Gasteiger partial charge is 0.508 e. The number of benzene rings is 3. The lowest BCUT2D eigenvalue weighted by molar-refractivity contribution is -0.142. The molecule has 0 aliphatic rings. The summed E-state index contributed by atoms with van der Waals surface area (Å²) in [5.41, 5.74) is 13.4. The highest BCUT2D eigenvalue weighted by Crippen LogP contribution is 2.13. The van der Waals surface area contributed by atoms with Crippen LogP contribution in [-0.2, 0) is 62.4 Å². The second-order valence-corrected chi connectivity index (χ2v) is 17.2. The fourth-order valence-corrected chi connectivity index (χ4v) is 7.25. The van der Waals surface area contributed by atoms with Crippen molar-refractivity contribution in [2.45, 2.75) is 101 Å². The molecule has 22 heteroatoms. The number of aromatic hydroxyl groups is 1. The Hall–Kier alpha value is -7.04. The summed E-state index contributed by atoms with van der Waals surface area (Å²) in [7, 11) is 0. The Morgan fingerprint density at radius 1 is 0.565 bits per heavy atom. The molecule has 0 saturated heterocycles. The molecular weight excluding hydrogens is 915 g/mol. The van der Waals surface area contributed by atoms with Crippen molar-refractivity contribution in [1.29, 1.82) is 0 Å². The number of carbonyl (C=O) groups excluding carboxylic acids is 7. The molecule has 69 heavy (non-hydrogen) atoms. The van der Waals surface area contributed by atoms with Gasteiger partial charge in [0.1, 0.15) is 42.0 Å². The number of phenolic OH excluding ortho intramolecular Hbond substituents is 1. The normalized spacial score (nSPS) is 13.9. The number of rotatable bonds is 30. The van der Waals surface area contributed by atoms with E-state index >= 15 is 0 Å².